The molecule has 1 rings (SSSR count). The Morgan fingerprint density at radius 3 is 2.71 bits per heavy atom. The molecule has 17 heavy (non-hydrogen) atoms. The molecule has 0 aliphatic heterocycles. The Morgan fingerprint density at radius 2 is 2.18 bits per heavy atom. The predicted octanol–water partition coefficient (Wildman–Crippen LogP) is 0.900. The summed E-state index contributed by atoms with van der Waals surface area (Å²) in [7, 11) is 1.48. The standard InChI is InChI=1S/C11H12FNO4/c1-17-5-4-13-10(14)8-3-2-7(11(15)16)6-9(8)12/h2-3,6H,4-5H2,1H3,(H,13,14)(H,15,16). The second-order valence-corrected chi connectivity index (χ2v) is 3.25. The highest BCUT2D eigenvalue weighted by atomic mass is 19.1. The summed E-state index contributed by atoms with van der Waals surface area (Å²) in [5.41, 5.74) is -0.387. The second-order valence-electron chi connectivity index (χ2n) is 3.25. The number of amides is 1. The first kappa shape index (κ1) is 13.1. The molecule has 0 atom stereocenters. The maximum absolute atomic E-state index is 13.4. The Labute approximate surface area is 97.2 Å². The van der Waals surface area contributed by atoms with Crippen LogP contribution < -0.4 is 5.32 Å². The highest BCUT2D eigenvalue weighted by Gasteiger charge is 2.13. The van der Waals surface area contributed by atoms with Crippen LogP contribution in [0.4, 0.5) is 4.39 Å². The molecule has 0 aliphatic rings. The van der Waals surface area contributed by atoms with E-state index in [0.29, 0.717) is 6.61 Å². The fourth-order valence-electron chi connectivity index (χ4n) is 1.19. The number of benzene rings is 1. The van der Waals surface area contributed by atoms with E-state index in [2.05, 4.69) is 5.32 Å². The van der Waals surface area contributed by atoms with E-state index in [1.54, 1.807) is 0 Å². The van der Waals surface area contributed by atoms with Crippen LogP contribution in [0.2, 0.25) is 0 Å². The molecule has 0 heterocycles. The number of methoxy groups -OCH3 is 1. The minimum atomic E-state index is -1.24. The van der Waals surface area contributed by atoms with E-state index in [1.165, 1.54) is 13.2 Å². The van der Waals surface area contributed by atoms with Gasteiger partial charge >= 0.3 is 5.97 Å². The summed E-state index contributed by atoms with van der Waals surface area (Å²) in [5, 5.41) is 11.1. The summed E-state index contributed by atoms with van der Waals surface area (Å²) in [6.45, 7) is 0.579. The highest BCUT2D eigenvalue weighted by Crippen LogP contribution is 2.10. The van der Waals surface area contributed by atoms with Crippen LogP contribution in [-0.4, -0.2) is 37.2 Å². The third-order valence-corrected chi connectivity index (χ3v) is 2.05. The van der Waals surface area contributed by atoms with Gasteiger partial charge in [0.25, 0.3) is 5.91 Å². The first-order valence-corrected chi connectivity index (χ1v) is 4.86. The van der Waals surface area contributed by atoms with Gasteiger partial charge in [0.05, 0.1) is 17.7 Å². The van der Waals surface area contributed by atoms with Crippen molar-refractivity contribution in [1.82, 2.24) is 5.32 Å². The van der Waals surface area contributed by atoms with Crippen molar-refractivity contribution >= 4 is 11.9 Å². The Balaban J connectivity index is 2.78. The van der Waals surface area contributed by atoms with E-state index < -0.39 is 17.7 Å². The Bertz CT molecular complexity index is 433. The molecule has 0 saturated carbocycles. The van der Waals surface area contributed by atoms with E-state index >= 15 is 0 Å². The third-order valence-electron chi connectivity index (χ3n) is 2.05. The topological polar surface area (TPSA) is 75.6 Å². The zero-order valence-corrected chi connectivity index (χ0v) is 9.20. The molecular weight excluding hydrogens is 229 g/mol. The summed E-state index contributed by atoms with van der Waals surface area (Å²) >= 11 is 0. The summed E-state index contributed by atoms with van der Waals surface area (Å²) in [5.74, 6) is -2.70. The van der Waals surface area contributed by atoms with Gasteiger partial charge in [-0.15, -0.1) is 0 Å². The van der Waals surface area contributed by atoms with Crippen molar-refractivity contribution in [2.75, 3.05) is 20.3 Å². The van der Waals surface area contributed by atoms with E-state index in [0.717, 1.165) is 12.1 Å². The lowest BCUT2D eigenvalue weighted by Gasteiger charge is -2.05. The molecule has 0 aromatic heterocycles. The van der Waals surface area contributed by atoms with Gasteiger partial charge in [-0.25, -0.2) is 9.18 Å². The number of halogens is 1. The maximum Gasteiger partial charge on any atom is 0.335 e. The van der Waals surface area contributed by atoms with Gasteiger partial charge in [-0.2, -0.15) is 0 Å². The molecular formula is C11H12FNO4. The monoisotopic (exact) mass is 241 g/mol. The zero-order chi connectivity index (χ0) is 12.8. The molecule has 2 N–H and O–H groups in total. The van der Waals surface area contributed by atoms with Crippen molar-refractivity contribution < 1.29 is 23.8 Å². The van der Waals surface area contributed by atoms with Crippen molar-refractivity contribution in [3.63, 3.8) is 0 Å². The molecule has 0 spiro atoms. The van der Waals surface area contributed by atoms with Crippen molar-refractivity contribution in [3.8, 4) is 0 Å². The normalized spacial score (nSPS) is 10.0. The Hall–Kier alpha value is -1.95. The van der Waals surface area contributed by atoms with Crippen LogP contribution in [0.3, 0.4) is 0 Å². The average Bonchev–Trinajstić information content (AvgIpc) is 2.28. The molecule has 92 valence electrons. The summed E-state index contributed by atoms with van der Waals surface area (Å²) in [6, 6.07) is 3.13. The van der Waals surface area contributed by atoms with E-state index in [4.69, 9.17) is 9.84 Å². The lowest BCUT2D eigenvalue weighted by atomic mass is 10.1. The number of rotatable bonds is 5. The van der Waals surface area contributed by atoms with E-state index in [-0.39, 0.29) is 17.7 Å². The molecule has 6 heteroatoms. The molecule has 0 unspecified atom stereocenters. The minimum Gasteiger partial charge on any atom is -0.478 e. The zero-order valence-electron chi connectivity index (χ0n) is 9.20. The van der Waals surface area contributed by atoms with Crippen molar-refractivity contribution in [2.45, 2.75) is 0 Å². The number of hydrogen-bond donors (Lipinski definition) is 2. The minimum absolute atomic E-state index is 0.189. The van der Waals surface area contributed by atoms with Crippen LogP contribution in [0.1, 0.15) is 20.7 Å². The van der Waals surface area contributed by atoms with Crippen LogP contribution in [0.25, 0.3) is 0 Å². The Morgan fingerprint density at radius 1 is 1.47 bits per heavy atom. The van der Waals surface area contributed by atoms with Gasteiger partial charge in [0.15, 0.2) is 0 Å². The summed E-state index contributed by atoms with van der Waals surface area (Å²) in [4.78, 5) is 22.0. The molecule has 0 fully saturated rings. The van der Waals surface area contributed by atoms with E-state index in [1.807, 2.05) is 0 Å². The molecule has 0 radical (unpaired) electrons. The van der Waals surface area contributed by atoms with Crippen LogP contribution in [0.15, 0.2) is 18.2 Å². The summed E-state index contributed by atoms with van der Waals surface area (Å²) in [6.07, 6.45) is 0. The van der Waals surface area contributed by atoms with Crippen molar-refractivity contribution in [1.29, 1.82) is 0 Å². The molecule has 0 bridgehead atoms. The smallest absolute Gasteiger partial charge is 0.335 e. The predicted molar refractivity (Wildman–Crippen MR) is 57.6 cm³/mol. The van der Waals surface area contributed by atoms with Crippen LogP contribution >= 0.6 is 0 Å². The molecule has 1 aromatic carbocycles. The fraction of sp³-hybridized carbons (Fsp3) is 0.273. The number of aromatic carboxylic acids is 1. The molecule has 0 saturated heterocycles. The maximum atomic E-state index is 13.4. The lowest BCUT2D eigenvalue weighted by Crippen LogP contribution is -2.27. The number of ether oxygens (including phenoxy) is 1. The average molecular weight is 241 g/mol. The molecule has 5 nitrogen and oxygen atoms in total. The van der Waals surface area contributed by atoms with Gasteiger partial charge in [0.1, 0.15) is 5.82 Å². The fourth-order valence-corrected chi connectivity index (χ4v) is 1.19. The Kier molecular flexibility index (Phi) is 4.59. The molecule has 1 amide bonds. The molecule has 1 aromatic rings. The van der Waals surface area contributed by atoms with Gasteiger partial charge < -0.3 is 15.2 Å². The number of carboxylic acid groups (broad SMARTS) is 1. The first-order chi connectivity index (χ1) is 8.06. The van der Waals surface area contributed by atoms with Gasteiger partial charge in [0, 0.05) is 13.7 Å². The van der Waals surface area contributed by atoms with Crippen molar-refractivity contribution in [3.05, 3.63) is 35.1 Å². The second kappa shape index (κ2) is 5.95. The lowest BCUT2D eigenvalue weighted by molar-refractivity contribution is 0.0695. The third kappa shape index (κ3) is 3.53. The van der Waals surface area contributed by atoms with Gasteiger partial charge in [0.2, 0.25) is 0 Å². The van der Waals surface area contributed by atoms with Gasteiger partial charge in [-0.1, -0.05) is 0 Å². The van der Waals surface area contributed by atoms with Crippen LogP contribution in [0.5, 0.6) is 0 Å². The van der Waals surface area contributed by atoms with E-state index in [9.17, 15) is 14.0 Å². The SMILES string of the molecule is COCCNC(=O)c1ccc(C(=O)O)cc1F. The number of carbonyl (C=O) groups is 2. The number of nitrogens with one attached hydrogen (secondary N) is 1. The largest absolute Gasteiger partial charge is 0.478 e. The highest BCUT2D eigenvalue weighted by molar-refractivity contribution is 5.96. The van der Waals surface area contributed by atoms with Crippen molar-refractivity contribution in [2.24, 2.45) is 0 Å². The first-order valence-electron chi connectivity index (χ1n) is 4.86. The number of hydrogen-bond acceptors (Lipinski definition) is 3. The van der Waals surface area contributed by atoms with Crippen LogP contribution in [0, 0.1) is 5.82 Å². The summed E-state index contributed by atoms with van der Waals surface area (Å²) < 4.78 is 18.1. The van der Waals surface area contributed by atoms with Crippen LogP contribution in [-0.2, 0) is 4.74 Å². The van der Waals surface area contributed by atoms with Gasteiger partial charge in [-0.05, 0) is 18.2 Å². The number of carboxylic acids is 1. The van der Waals surface area contributed by atoms with Gasteiger partial charge in [-0.3, -0.25) is 4.79 Å². The molecule has 0 aliphatic carbocycles. The number of carbonyl (C=O) groups excluding carboxylic acids is 1. The quantitative estimate of drug-likeness (QED) is 0.751.